The van der Waals surface area contributed by atoms with E-state index in [0.717, 1.165) is 5.56 Å². The van der Waals surface area contributed by atoms with Crippen molar-refractivity contribution in [3.63, 3.8) is 0 Å². The van der Waals surface area contributed by atoms with Crippen molar-refractivity contribution in [1.29, 1.82) is 0 Å². The molecule has 0 radical (unpaired) electrons. The first-order valence-corrected chi connectivity index (χ1v) is 6.88. The average Bonchev–Trinajstić information content (AvgIpc) is 2.98. The second kappa shape index (κ2) is 4.51. The highest BCUT2D eigenvalue weighted by molar-refractivity contribution is 7.07. The fraction of sp³-hybridized carbons (Fsp3) is 0.143. The molecule has 1 aliphatic rings. The molecule has 0 saturated carbocycles. The van der Waals surface area contributed by atoms with Gasteiger partial charge in [0.15, 0.2) is 0 Å². The Morgan fingerprint density at radius 2 is 1.89 bits per heavy atom. The molecule has 3 rings (SSSR count). The van der Waals surface area contributed by atoms with Gasteiger partial charge in [-0.1, -0.05) is 0 Å². The van der Waals surface area contributed by atoms with E-state index in [2.05, 4.69) is 0 Å². The summed E-state index contributed by atoms with van der Waals surface area (Å²) in [5.41, 5.74) is 8.15. The van der Waals surface area contributed by atoms with Crippen molar-refractivity contribution in [2.24, 2.45) is 0 Å². The number of nitrogens with zero attached hydrogens (tertiary/aromatic N) is 1. The molecule has 0 saturated heterocycles. The van der Waals surface area contributed by atoms with E-state index in [0.29, 0.717) is 29.8 Å². The highest BCUT2D eigenvalue weighted by Crippen LogP contribution is 2.25. The number of hydrogen-bond donors (Lipinski definition) is 1. The number of rotatable bonds is 3. The summed E-state index contributed by atoms with van der Waals surface area (Å²) in [6, 6.07) is 6.84. The molecule has 2 aromatic rings. The standard InChI is InChI=1S/C14H12N2O2S/c15-10-1-2-11-12(7-10)14(18)16(13(11)17)5-3-9-4-6-19-8-9/h1-2,4,6-8H,3,5,15H2. The Hall–Kier alpha value is -2.14. The monoisotopic (exact) mass is 272 g/mol. The Bertz CT molecular complexity index is 649. The molecule has 0 spiro atoms. The van der Waals surface area contributed by atoms with Gasteiger partial charge in [-0.05, 0) is 47.0 Å². The van der Waals surface area contributed by atoms with Crippen molar-refractivity contribution < 1.29 is 9.59 Å². The number of imide groups is 1. The first-order chi connectivity index (χ1) is 9.16. The van der Waals surface area contributed by atoms with Crippen LogP contribution in [0.5, 0.6) is 0 Å². The predicted molar refractivity (Wildman–Crippen MR) is 74.2 cm³/mol. The Labute approximate surface area is 114 Å². The molecule has 0 aliphatic carbocycles. The molecule has 0 unspecified atom stereocenters. The molecule has 0 fully saturated rings. The van der Waals surface area contributed by atoms with E-state index < -0.39 is 0 Å². The third kappa shape index (κ3) is 2.02. The van der Waals surface area contributed by atoms with Crippen molar-refractivity contribution in [3.05, 3.63) is 51.7 Å². The van der Waals surface area contributed by atoms with Crippen molar-refractivity contribution >= 4 is 28.8 Å². The van der Waals surface area contributed by atoms with Crippen LogP contribution < -0.4 is 5.73 Å². The van der Waals surface area contributed by atoms with Crippen LogP contribution in [0.4, 0.5) is 5.69 Å². The van der Waals surface area contributed by atoms with Crippen LogP contribution in [-0.4, -0.2) is 23.3 Å². The minimum Gasteiger partial charge on any atom is -0.399 e. The van der Waals surface area contributed by atoms with E-state index in [1.54, 1.807) is 29.5 Å². The second-order valence-corrected chi connectivity index (χ2v) is 5.23. The third-order valence-electron chi connectivity index (χ3n) is 3.20. The summed E-state index contributed by atoms with van der Waals surface area (Å²) < 4.78 is 0. The summed E-state index contributed by atoms with van der Waals surface area (Å²) in [7, 11) is 0. The van der Waals surface area contributed by atoms with Gasteiger partial charge in [0.2, 0.25) is 0 Å². The molecule has 96 valence electrons. The van der Waals surface area contributed by atoms with Gasteiger partial charge < -0.3 is 5.73 Å². The van der Waals surface area contributed by atoms with E-state index in [9.17, 15) is 9.59 Å². The number of nitrogen functional groups attached to an aromatic ring is 1. The van der Waals surface area contributed by atoms with E-state index >= 15 is 0 Å². The summed E-state index contributed by atoms with van der Waals surface area (Å²) in [6.07, 6.45) is 0.685. The molecule has 19 heavy (non-hydrogen) atoms. The van der Waals surface area contributed by atoms with Crippen LogP contribution in [0, 0.1) is 0 Å². The molecule has 4 nitrogen and oxygen atoms in total. The highest BCUT2D eigenvalue weighted by atomic mass is 32.1. The molecule has 2 N–H and O–H groups in total. The van der Waals surface area contributed by atoms with Gasteiger partial charge in [-0.15, -0.1) is 0 Å². The number of nitrogens with two attached hydrogens (primary N) is 1. The number of anilines is 1. The number of amides is 2. The van der Waals surface area contributed by atoms with Crippen LogP contribution in [-0.2, 0) is 6.42 Å². The second-order valence-electron chi connectivity index (χ2n) is 4.45. The molecular weight excluding hydrogens is 260 g/mol. The predicted octanol–water partition coefficient (Wildman–Crippen LogP) is 2.17. The van der Waals surface area contributed by atoms with Gasteiger partial charge in [-0.3, -0.25) is 14.5 Å². The molecule has 1 aromatic carbocycles. The molecule has 1 aromatic heterocycles. The number of hydrogen-bond acceptors (Lipinski definition) is 4. The Morgan fingerprint density at radius 3 is 2.63 bits per heavy atom. The summed E-state index contributed by atoms with van der Waals surface area (Å²) in [4.78, 5) is 25.6. The van der Waals surface area contributed by atoms with E-state index in [-0.39, 0.29) is 11.8 Å². The normalized spacial score (nSPS) is 14.0. The Balaban J connectivity index is 1.82. The fourth-order valence-electron chi connectivity index (χ4n) is 2.19. The fourth-order valence-corrected chi connectivity index (χ4v) is 2.89. The van der Waals surface area contributed by atoms with Crippen molar-refractivity contribution in [2.75, 3.05) is 12.3 Å². The maximum absolute atomic E-state index is 12.2. The van der Waals surface area contributed by atoms with Gasteiger partial charge in [0.05, 0.1) is 11.1 Å². The number of carbonyl (C=O) groups excluding carboxylic acids is 2. The lowest BCUT2D eigenvalue weighted by Gasteiger charge is -2.12. The summed E-state index contributed by atoms with van der Waals surface area (Å²) in [5, 5.41) is 4.01. The molecular formula is C14H12N2O2S. The van der Waals surface area contributed by atoms with Gasteiger partial charge in [0.25, 0.3) is 11.8 Å². The van der Waals surface area contributed by atoms with E-state index in [4.69, 9.17) is 5.73 Å². The van der Waals surface area contributed by atoms with Crippen LogP contribution in [0.25, 0.3) is 0 Å². The Kier molecular flexibility index (Phi) is 2.83. The number of benzene rings is 1. The number of fused-ring (bicyclic) bond motifs is 1. The summed E-state index contributed by atoms with van der Waals surface area (Å²) >= 11 is 1.61. The lowest BCUT2D eigenvalue weighted by molar-refractivity contribution is 0.0656. The highest BCUT2D eigenvalue weighted by Gasteiger charge is 2.35. The van der Waals surface area contributed by atoms with Gasteiger partial charge in [-0.25, -0.2) is 0 Å². The smallest absolute Gasteiger partial charge is 0.261 e. The lowest BCUT2D eigenvalue weighted by atomic mass is 10.1. The maximum Gasteiger partial charge on any atom is 0.261 e. The van der Waals surface area contributed by atoms with Crippen LogP contribution in [0.3, 0.4) is 0 Å². The first-order valence-electron chi connectivity index (χ1n) is 5.93. The molecule has 2 heterocycles. The van der Waals surface area contributed by atoms with Gasteiger partial charge >= 0.3 is 0 Å². The molecule has 0 atom stereocenters. The molecule has 0 bridgehead atoms. The zero-order valence-electron chi connectivity index (χ0n) is 10.1. The minimum absolute atomic E-state index is 0.227. The van der Waals surface area contributed by atoms with Crippen LogP contribution >= 0.6 is 11.3 Å². The minimum atomic E-state index is -0.248. The zero-order chi connectivity index (χ0) is 13.4. The van der Waals surface area contributed by atoms with Gasteiger partial charge in [0.1, 0.15) is 0 Å². The average molecular weight is 272 g/mol. The first kappa shape index (κ1) is 11.9. The van der Waals surface area contributed by atoms with Crippen LogP contribution in [0.1, 0.15) is 26.3 Å². The van der Waals surface area contributed by atoms with Crippen molar-refractivity contribution in [3.8, 4) is 0 Å². The van der Waals surface area contributed by atoms with Crippen LogP contribution in [0.2, 0.25) is 0 Å². The topological polar surface area (TPSA) is 63.4 Å². The molecule has 5 heteroatoms. The zero-order valence-corrected chi connectivity index (χ0v) is 10.9. The third-order valence-corrected chi connectivity index (χ3v) is 3.93. The maximum atomic E-state index is 12.2. The molecule has 2 amide bonds. The molecule has 1 aliphatic heterocycles. The van der Waals surface area contributed by atoms with Crippen molar-refractivity contribution in [1.82, 2.24) is 4.90 Å². The lowest BCUT2D eigenvalue weighted by Crippen LogP contribution is -2.31. The van der Waals surface area contributed by atoms with Gasteiger partial charge in [-0.2, -0.15) is 11.3 Å². The largest absolute Gasteiger partial charge is 0.399 e. The van der Waals surface area contributed by atoms with Crippen LogP contribution in [0.15, 0.2) is 35.0 Å². The Morgan fingerprint density at radius 1 is 1.11 bits per heavy atom. The van der Waals surface area contributed by atoms with E-state index in [1.807, 2.05) is 16.8 Å². The van der Waals surface area contributed by atoms with E-state index in [1.165, 1.54) is 4.90 Å². The number of carbonyl (C=O) groups is 2. The van der Waals surface area contributed by atoms with Gasteiger partial charge in [0, 0.05) is 12.2 Å². The SMILES string of the molecule is Nc1ccc2c(c1)C(=O)N(CCc1ccsc1)C2=O. The quantitative estimate of drug-likeness (QED) is 0.688. The summed E-state index contributed by atoms with van der Waals surface area (Å²) in [6.45, 7) is 0.406. The number of thiophene rings is 1. The van der Waals surface area contributed by atoms with Crippen molar-refractivity contribution in [2.45, 2.75) is 6.42 Å². The summed E-state index contributed by atoms with van der Waals surface area (Å²) in [5.74, 6) is -0.474.